The fraction of sp³-hybridized carbons (Fsp3) is 0.235. The molecule has 0 saturated heterocycles. The fourth-order valence-corrected chi connectivity index (χ4v) is 2.16. The lowest BCUT2D eigenvalue weighted by Crippen LogP contribution is -2.32. The van der Waals surface area contributed by atoms with Crippen LogP contribution >= 0.6 is 0 Å². The van der Waals surface area contributed by atoms with Crippen LogP contribution in [0.15, 0.2) is 48.5 Å². The van der Waals surface area contributed by atoms with E-state index in [1.165, 1.54) is 0 Å². The van der Waals surface area contributed by atoms with Gasteiger partial charge >= 0.3 is 5.97 Å². The Morgan fingerprint density at radius 2 is 1.95 bits per heavy atom. The molecule has 3 N–H and O–H groups in total. The van der Waals surface area contributed by atoms with E-state index < -0.39 is 18.7 Å². The molecule has 0 heterocycles. The van der Waals surface area contributed by atoms with E-state index in [4.69, 9.17) is 15.6 Å². The highest BCUT2D eigenvalue weighted by molar-refractivity contribution is 5.74. The number of benzene rings is 2. The standard InChI is InChI=1S/C17H18FNO3/c18-8-9-22-16-7-6-12(11-15(19)17(20)21)10-14(16)13-4-2-1-3-5-13/h1-7,10,15H,8-9,11,19H2,(H,20,21). The minimum absolute atomic E-state index is 0.0200. The SMILES string of the molecule is NC(Cc1ccc(OCCF)c(-c2ccccc2)c1)C(=O)O. The van der Waals surface area contributed by atoms with Crippen molar-refractivity contribution in [2.24, 2.45) is 5.73 Å². The molecule has 4 nitrogen and oxygen atoms in total. The highest BCUT2D eigenvalue weighted by atomic mass is 19.1. The number of carboxylic acids is 1. The van der Waals surface area contributed by atoms with Crippen molar-refractivity contribution in [2.45, 2.75) is 12.5 Å². The molecular weight excluding hydrogens is 285 g/mol. The summed E-state index contributed by atoms with van der Waals surface area (Å²) in [5, 5.41) is 8.91. The second-order valence-corrected chi connectivity index (χ2v) is 4.88. The van der Waals surface area contributed by atoms with Crippen LogP contribution in [0.5, 0.6) is 5.75 Å². The lowest BCUT2D eigenvalue weighted by molar-refractivity contribution is -0.138. The van der Waals surface area contributed by atoms with Gasteiger partial charge in [0.1, 0.15) is 25.1 Å². The topological polar surface area (TPSA) is 72.5 Å². The van der Waals surface area contributed by atoms with E-state index in [-0.39, 0.29) is 13.0 Å². The second kappa shape index (κ2) is 7.56. The van der Waals surface area contributed by atoms with Gasteiger partial charge in [-0.15, -0.1) is 0 Å². The van der Waals surface area contributed by atoms with Crippen molar-refractivity contribution < 1.29 is 19.0 Å². The number of alkyl halides is 1. The molecule has 0 fully saturated rings. The van der Waals surface area contributed by atoms with E-state index in [0.717, 1.165) is 16.7 Å². The molecule has 2 rings (SSSR count). The predicted molar refractivity (Wildman–Crippen MR) is 82.7 cm³/mol. The molecule has 0 bridgehead atoms. The highest BCUT2D eigenvalue weighted by Gasteiger charge is 2.14. The maximum Gasteiger partial charge on any atom is 0.320 e. The van der Waals surface area contributed by atoms with E-state index in [9.17, 15) is 9.18 Å². The van der Waals surface area contributed by atoms with Gasteiger partial charge in [0.2, 0.25) is 0 Å². The number of carboxylic acid groups (broad SMARTS) is 1. The third-order valence-corrected chi connectivity index (χ3v) is 3.24. The predicted octanol–water partition coefficient (Wildman–Crippen LogP) is 2.66. The summed E-state index contributed by atoms with van der Waals surface area (Å²) in [5.74, 6) is -0.476. The number of ether oxygens (including phenoxy) is 1. The first-order valence-corrected chi connectivity index (χ1v) is 6.97. The van der Waals surface area contributed by atoms with Crippen LogP contribution in [0.3, 0.4) is 0 Å². The van der Waals surface area contributed by atoms with Crippen LogP contribution in [-0.4, -0.2) is 30.4 Å². The molecule has 2 aromatic carbocycles. The van der Waals surface area contributed by atoms with E-state index in [2.05, 4.69) is 0 Å². The van der Waals surface area contributed by atoms with Crippen LogP contribution in [0.2, 0.25) is 0 Å². The summed E-state index contributed by atoms with van der Waals surface area (Å²) >= 11 is 0. The van der Waals surface area contributed by atoms with Gasteiger partial charge in [-0.2, -0.15) is 0 Å². The Hall–Kier alpha value is -2.40. The Bertz CT molecular complexity index is 631. The Balaban J connectivity index is 2.35. The van der Waals surface area contributed by atoms with Crippen molar-refractivity contribution in [1.82, 2.24) is 0 Å². The number of carbonyl (C=O) groups is 1. The Kier molecular flexibility index (Phi) is 5.49. The molecule has 2 aromatic rings. The summed E-state index contributed by atoms with van der Waals surface area (Å²) < 4.78 is 17.8. The van der Waals surface area contributed by atoms with Crippen molar-refractivity contribution in [2.75, 3.05) is 13.3 Å². The average molecular weight is 303 g/mol. The number of nitrogens with two attached hydrogens (primary N) is 1. The first kappa shape index (κ1) is 16.0. The number of hydrogen-bond acceptors (Lipinski definition) is 3. The molecule has 1 unspecified atom stereocenters. The number of aliphatic carboxylic acids is 1. The van der Waals surface area contributed by atoms with Crippen LogP contribution < -0.4 is 10.5 Å². The third kappa shape index (κ3) is 4.05. The van der Waals surface area contributed by atoms with Gasteiger partial charge in [0.25, 0.3) is 0 Å². The van der Waals surface area contributed by atoms with Crippen LogP contribution in [0.25, 0.3) is 11.1 Å². The quantitative estimate of drug-likeness (QED) is 0.825. The summed E-state index contributed by atoms with van der Waals surface area (Å²) in [6.45, 7) is -0.590. The summed E-state index contributed by atoms with van der Waals surface area (Å²) in [5.41, 5.74) is 8.08. The smallest absolute Gasteiger partial charge is 0.320 e. The molecule has 0 saturated carbocycles. The molecular formula is C17H18FNO3. The number of hydrogen-bond donors (Lipinski definition) is 2. The lowest BCUT2D eigenvalue weighted by Gasteiger charge is -2.14. The Morgan fingerprint density at radius 3 is 2.59 bits per heavy atom. The summed E-state index contributed by atoms with van der Waals surface area (Å²) in [6, 6.07) is 13.9. The zero-order chi connectivity index (χ0) is 15.9. The van der Waals surface area contributed by atoms with Gasteiger partial charge in [-0.25, -0.2) is 4.39 Å². The van der Waals surface area contributed by atoms with Gasteiger partial charge in [-0.1, -0.05) is 36.4 Å². The van der Waals surface area contributed by atoms with Crippen molar-refractivity contribution >= 4 is 5.97 Å². The number of halogens is 1. The van der Waals surface area contributed by atoms with E-state index in [1.807, 2.05) is 36.4 Å². The third-order valence-electron chi connectivity index (χ3n) is 3.24. The van der Waals surface area contributed by atoms with Crippen LogP contribution in [0.4, 0.5) is 4.39 Å². The zero-order valence-electron chi connectivity index (χ0n) is 12.0. The molecule has 1 atom stereocenters. The highest BCUT2D eigenvalue weighted by Crippen LogP contribution is 2.31. The monoisotopic (exact) mass is 303 g/mol. The molecule has 0 amide bonds. The van der Waals surface area contributed by atoms with E-state index in [0.29, 0.717) is 5.75 Å². The summed E-state index contributed by atoms with van der Waals surface area (Å²) in [7, 11) is 0. The zero-order valence-corrected chi connectivity index (χ0v) is 12.0. The summed E-state index contributed by atoms with van der Waals surface area (Å²) in [6.07, 6.45) is 0.221. The van der Waals surface area contributed by atoms with Crippen molar-refractivity contribution in [1.29, 1.82) is 0 Å². The minimum Gasteiger partial charge on any atom is -0.490 e. The van der Waals surface area contributed by atoms with Crippen LogP contribution in [-0.2, 0) is 11.2 Å². The molecule has 22 heavy (non-hydrogen) atoms. The molecule has 0 aliphatic heterocycles. The van der Waals surface area contributed by atoms with Crippen LogP contribution in [0.1, 0.15) is 5.56 Å². The van der Waals surface area contributed by atoms with Crippen molar-refractivity contribution in [3.8, 4) is 16.9 Å². The first-order chi connectivity index (χ1) is 10.6. The number of rotatable bonds is 7. The maximum atomic E-state index is 12.3. The van der Waals surface area contributed by atoms with E-state index >= 15 is 0 Å². The molecule has 0 aliphatic carbocycles. The molecule has 0 radical (unpaired) electrons. The second-order valence-electron chi connectivity index (χ2n) is 4.88. The molecule has 5 heteroatoms. The lowest BCUT2D eigenvalue weighted by atomic mass is 9.98. The Labute approximate surface area is 128 Å². The summed E-state index contributed by atoms with van der Waals surface area (Å²) in [4.78, 5) is 10.9. The normalized spacial score (nSPS) is 11.9. The molecule has 0 aromatic heterocycles. The van der Waals surface area contributed by atoms with E-state index in [1.54, 1.807) is 12.1 Å². The van der Waals surface area contributed by atoms with Gasteiger partial charge in [0, 0.05) is 5.56 Å². The molecule has 116 valence electrons. The van der Waals surface area contributed by atoms with Crippen LogP contribution in [0, 0.1) is 0 Å². The van der Waals surface area contributed by atoms with Gasteiger partial charge in [-0.05, 0) is 29.7 Å². The van der Waals surface area contributed by atoms with Crippen molar-refractivity contribution in [3.05, 3.63) is 54.1 Å². The largest absolute Gasteiger partial charge is 0.490 e. The molecule has 0 spiro atoms. The maximum absolute atomic E-state index is 12.3. The van der Waals surface area contributed by atoms with Gasteiger partial charge in [-0.3, -0.25) is 4.79 Å². The first-order valence-electron chi connectivity index (χ1n) is 6.97. The van der Waals surface area contributed by atoms with Crippen molar-refractivity contribution in [3.63, 3.8) is 0 Å². The van der Waals surface area contributed by atoms with Gasteiger partial charge < -0.3 is 15.6 Å². The Morgan fingerprint density at radius 1 is 1.23 bits per heavy atom. The minimum atomic E-state index is -1.04. The van der Waals surface area contributed by atoms with Gasteiger partial charge in [0.15, 0.2) is 0 Å². The van der Waals surface area contributed by atoms with Gasteiger partial charge in [0.05, 0.1) is 0 Å². The average Bonchev–Trinajstić information content (AvgIpc) is 2.54. The molecule has 0 aliphatic rings. The fourth-order valence-electron chi connectivity index (χ4n) is 2.16.